The molecule has 0 aliphatic carbocycles. The highest BCUT2D eigenvalue weighted by atomic mass is 16.5. The summed E-state index contributed by atoms with van der Waals surface area (Å²) in [7, 11) is 1.61. The van der Waals surface area contributed by atoms with Crippen molar-refractivity contribution in [3.8, 4) is 16.9 Å². The first-order valence-corrected chi connectivity index (χ1v) is 7.21. The van der Waals surface area contributed by atoms with Crippen LogP contribution in [0.5, 0.6) is 5.75 Å². The number of carbonyl (C=O) groups excluding carboxylic acids is 1. The molecule has 1 heterocycles. The molecule has 0 atom stereocenters. The third-order valence-electron chi connectivity index (χ3n) is 3.50. The van der Waals surface area contributed by atoms with Gasteiger partial charge in [-0.25, -0.2) is 4.98 Å². The molecule has 0 spiro atoms. The molecule has 0 aliphatic heterocycles. The lowest BCUT2D eigenvalue weighted by molar-refractivity contribution is -0.135. The Morgan fingerprint density at radius 1 is 1.21 bits per heavy atom. The number of methoxy groups -OCH3 is 1. The summed E-state index contributed by atoms with van der Waals surface area (Å²) in [6.45, 7) is -0.453. The van der Waals surface area contributed by atoms with Gasteiger partial charge >= 0.3 is 5.97 Å². The minimum Gasteiger partial charge on any atom is -0.497 e. The predicted octanol–water partition coefficient (Wildman–Crippen LogP) is 2.05. The van der Waals surface area contributed by atoms with Crippen molar-refractivity contribution in [3.63, 3.8) is 0 Å². The summed E-state index contributed by atoms with van der Waals surface area (Å²) in [5, 5.41) is 10.9. The van der Waals surface area contributed by atoms with E-state index in [2.05, 4.69) is 15.3 Å². The van der Waals surface area contributed by atoms with E-state index in [1.54, 1.807) is 13.2 Å². The summed E-state index contributed by atoms with van der Waals surface area (Å²) >= 11 is 0. The van der Waals surface area contributed by atoms with Crippen LogP contribution in [0, 0.1) is 0 Å². The molecule has 0 aliphatic rings. The van der Waals surface area contributed by atoms with Gasteiger partial charge in [0.25, 0.3) is 5.91 Å². The van der Waals surface area contributed by atoms with E-state index in [1.807, 2.05) is 36.4 Å². The molecule has 24 heavy (non-hydrogen) atoms. The van der Waals surface area contributed by atoms with E-state index in [0.29, 0.717) is 11.0 Å². The van der Waals surface area contributed by atoms with Gasteiger partial charge in [0, 0.05) is 0 Å². The molecule has 0 saturated heterocycles. The van der Waals surface area contributed by atoms with Crippen LogP contribution in [0.15, 0.2) is 42.5 Å². The summed E-state index contributed by atoms with van der Waals surface area (Å²) in [5.74, 6) is -0.837. The first-order valence-electron chi connectivity index (χ1n) is 7.21. The highest BCUT2D eigenvalue weighted by Gasteiger charge is 2.13. The Hall–Kier alpha value is -3.35. The number of rotatable bonds is 5. The van der Waals surface area contributed by atoms with Crippen molar-refractivity contribution >= 4 is 22.9 Å². The SMILES string of the molecule is COc1cccc(-c2ccc3nc(C(=O)NCC(=O)O)[nH]c3c2)c1. The number of nitrogens with zero attached hydrogens (tertiary/aromatic N) is 1. The van der Waals surface area contributed by atoms with Crippen molar-refractivity contribution in [3.05, 3.63) is 48.3 Å². The molecule has 1 amide bonds. The molecular formula is C17H15N3O4. The van der Waals surface area contributed by atoms with Gasteiger partial charge in [0.2, 0.25) is 0 Å². The molecule has 3 N–H and O–H groups in total. The van der Waals surface area contributed by atoms with E-state index in [1.165, 1.54) is 0 Å². The van der Waals surface area contributed by atoms with Crippen molar-refractivity contribution in [2.75, 3.05) is 13.7 Å². The van der Waals surface area contributed by atoms with Gasteiger partial charge in [-0.05, 0) is 35.4 Å². The van der Waals surface area contributed by atoms with Gasteiger partial charge in [-0.3, -0.25) is 9.59 Å². The monoisotopic (exact) mass is 325 g/mol. The second-order valence-electron chi connectivity index (χ2n) is 5.13. The zero-order valence-corrected chi connectivity index (χ0v) is 12.9. The number of amides is 1. The fraction of sp³-hybridized carbons (Fsp3) is 0.118. The van der Waals surface area contributed by atoms with Gasteiger partial charge in [-0.15, -0.1) is 0 Å². The number of imidazole rings is 1. The summed E-state index contributed by atoms with van der Waals surface area (Å²) < 4.78 is 5.22. The van der Waals surface area contributed by atoms with Gasteiger partial charge in [-0.1, -0.05) is 18.2 Å². The summed E-state index contributed by atoms with van der Waals surface area (Å²) in [5.41, 5.74) is 3.24. The summed E-state index contributed by atoms with van der Waals surface area (Å²) in [6, 6.07) is 13.2. The molecule has 7 heteroatoms. The number of aromatic amines is 1. The molecule has 0 bridgehead atoms. The number of benzene rings is 2. The maximum absolute atomic E-state index is 11.9. The number of carbonyl (C=O) groups is 2. The first-order chi connectivity index (χ1) is 11.6. The Morgan fingerprint density at radius 2 is 2.00 bits per heavy atom. The van der Waals surface area contributed by atoms with E-state index in [4.69, 9.17) is 9.84 Å². The van der Waals surface area contributed by atoms with Crippen LogP contribution in [0.1, 0.15) is 10.6 Å². The van der Waals surface area contributed by atoms with Crippen molar-refractivity contribution < 1.29 is 19.4 Å². The lowest BCUT2D eigenvalue weighted by Crippen LogP contribution is -2.29. The van der Waals surface area contributed by atoms with Crippen LogP contribution in [-0.2, 0) is 4.79 Å². The standard InChI is InChI=1S/C17H15N3O4/c1-24-12-4-2-3-10(7-12)11-5-6-13-14(8-11)20-16(19-13)17(23)18-9-15(21)22/h2-8H,9H2,1H3,(H,18,23)(H,19,20)(H,21,22). The van der Waals surface area contributed by atoms with E-state index in [9.17, 15) is 9.59 Å². The van der Waals surface area contributed by atoms with Gasteiger partial charge in [0.15, 0.2) is 5.82 Å². The molecule has 3 aromatic rings. The Balaban J connectivity index is 1.91. The molecule has 0 fully saturated rings. The van der Waals surface area contributed by atoms with Crippen LogP contribution in [-0.4, -0.2) is 40.6 Å². The fourth-order valence-corrected chi connectivity index (χ4v) is 2.34. The molecule has 7 nitrogen and oxygen atoms in total. The lowest BCUT2D eigenvalue weighted by atomic mass is 10.1. The maximum atomic E-state index is 11.9. The number of H-pyrrole nitrogens is 1. The molecule has 0 saturated carbocycles. The van der Waals surface area contributed by atoms with E-state index in [0.717, 1.165) is 16.9 Å². The van der Waals surface area contributed by atoms with Gasteiger partial charge in [0.05, 0.1) is 18.1 Å². The van der Waals surface area contributed by atoms with E-state index >= 15 is 0 Å². The zero-order chi connectivity index (χ0) is 17.1. The zero-order valence-electron chi connectivity index (χ0n) is 12.9. The van der Waals surface area contributed by atoms with Crippen molar-refractivity contribution in [1.29, 1.82) is 0 Å². The number of aliphatic carboxylic acids is 1. The summed E-state index contributed by atoms with van der Waals surface area (Å²) in [6.07, 6.45) is 0. The third kappa shape index (κ3) is 3.19. The number of aromatic nitrogens is 2. The third-order valence-corrected chi connectivity index (χ3v) is 3.50. The van der Waals surface area contributed by atoms with Crippen LogP contribution >= 0.6 is 0 Å². The second kappa shape index (κ2) is 6.41. The normalized spacial score (nSPS) is 10.5. The van der Waals surface area contributed by atoms with Crippen molar-refractivity contribution in [1.82, 2.24) is 15.3 Å². The molecule has 2 aromatic carbocycles. The highest BCUT2D eigenvalue weighted by Crippen LogP contribution is 2.26. The van der Waals surface area contributed by atoms with Crippen LogP contribution in [0.4, 0.5) is 0 Å². The Labute approximate surface area is 137 Å². The smallest absolute Gasteiger partial charge is 0.322 e. The second-order valence-corrected chi connectivity index (χ2v) is 5.13. The quantitative estimate of drug-likeness (QED) is 0.666. The van der Waals surface area contributed by atoms with E-state index in [-0.39, 0.29) is 5.82 Å². The first kappa shape index (κ1) is 15.5. The maximum Gasteiger partial charge on any atom is 0.322 e. The molecule has 1 aromatic heterocycles. The van der Waals surface area contributed by atoms with Crippen LogP contribution in [0.2, 0.25) is 0 Å². The van der Waals surface area contributed by atoms with Crippen molar-refractivity contribution in [2.24, 2.45) is 0 Å². The number of carboxylic acid groups (broad SMARTS) is 1. The number of hydrogen-bond donors (Lipinski definition) is 3. The average Bonchev–Trinajstić information content (AvgIpc) is 3.03. The summed E-state index contributed by atoms with van der Waals surface area (Å²) in [4.78, 5) is 29.5. The molecule has 3 rings (SSSR count). The average molecular weight is 325 g/mol. The molecule has 122 valence electrons. The largest absolute Gasteiger partial charge is 0.497 e. The van der Waals surface area contributed by atoms with Gasteiger partial charge in [-0.2, -0.15) is 0 Å². The predicted molar refractivity (Wildman–Crippen MR) is 88.1 cm³/mol. The number of nitrogens with one attached hydrogen (secondary N) is 2. The van der Waals surface area contributed by atoms with Crippen LogP contribution in [0.25, 0.3) is 22.2 Å². The minimum absolute atomic E-state index is 0.0778. The van der Waals surface area contributed by atoms with Crippen LogP contribution in [0.3, 0.4) is 0 Å². The molecule has 0 radical (unpaired) electrons. The van der Waals surface area contributed by atoms with Gasteiger partial charge < -0.3 is 20.1 Å². The molecule has 0 unspecified atom stereocenters. The number of ether oxygens (including phenoxy) is 1. The van der Waals surface area contributed by atoms with Gasteiger partial charge in [0.1, 0.15) is 12.3 Å². The van der Waals surface area contributed by atoms with Crippen molar-refractivity contribution in [2.45, 2.75) is 0 Å². The van der Waals surface area contributed by atoms with E-state index < -0.39 is 18.4 Å². The Morgan fingerprint density at radius 3 is 2.75 bits per heavy atom. The number of fused-ring (bicyclic) bond motifs is 1. The fourth-order valence-electron chi connectivity index (χ4n) is 2.34. The highest BCUT2D eigenvalue weighted by molar-refractivity contribution is 5.96. The topological polar surface area (TPSA) is 104 Å². The number of carboxylic acids is 1. The molecular weight excluding hydrogens is 310 g/mol. The Kier molecular flexibility index (Phi) is 4.15. The minimum atomic E-state index is -1.11. The number of hydrogen-bond acceptors (Lipinski definition) is 4. The Bertz CT molecular complexity index is 917. The van der Waals surface area contributed by atoms with Crippen LogP contribution < -0.4 is 10.1 Å². The lowest BCUT2D eigenvalue weighted by Gasteiger charge is -2.04.